The molecule has 0 heteroatoms. The topological polar surface area (TPSA) is 0 Å². The third-order valence-electron chi connectivity index (χ3n) is 11.8. The van der Waals surface area contributed by atoms with Crippen LogP contribution in [0.15, 0.2) is 158 Å². The van der Waals surface area contributed by atoms with Gasteiger partial charge in [-0.05, 0) is 136 Å². The van der Waals surface area contributed by atoms with Crippen LogP contribution in [0.25, 0.3) is 77.2 Å². The zero-order chi connectivity index (χ0) is 33.8. The summed E-state index contributed by atoms with van der Waals surface area (Å²) in [5.74, 6) is 0. The Kier molecular flexibility index (Phi) is 6.07. The summed E-state index contributed by atoms with van der Waals surface area (Å²) in [6, 6.07) is 59.5. The predicted molar refractivity (Wildman–Crippen MR) is 213 cm³/mol. The molecule has 0 aliphatic heterocycles. The highest BCUT2D eigenvalue weighted by atomic mass is 14.4. The minimum atomic E-state index is -0.0532. The maximum absolute atomic E-state index is 2.45. The Balaban J connectivity index is 1.18. The van der Waals surface area contributed by atoms with E-state index in [1.165, 1.54) is 99.4 Å². The van der Waals surface area contributed by atoms with E-state index >= 15 is 0 Å². The molecular weight excluding hydrogens is 601 g/mol. The van der Waals surface area contributed by atoms with Crippen LogP contribution in [-0.4, -0.2) is 0 Å². The third kappa shape index (κ3) is 4.18. The highest BCUT2D eigenvalue weighted by Gasteiger charge is 2.36. The Labute approximate surface area is 294 Å². The maximum Gasteiger partial charge on any atom is 0.0159 e. The van der Waals surface area contributed by atoms with Gasteiger partial charge in [0.15, 0.2) is 0 Å². The lowest BCUT2D eigenvalue weighted by molar-refractivity contribution is 0.660. The van der Waals surface area contributed by atoms with Crippen LogP contribution in [0, 0.1) is 0 Å². The maximum atomic E-state index is 2.45. The van der Waals surface area contributed by atoms with Crippen LogP contribution in [0.4, 0.5) is 0 Å². The summed E-state index contributed by atoms with van der Waals surface area (Å²) >= 11 is 0. The van der Waals surface area contributed by atoms with Crippen molar-refractivity contribution in [2.75, 3.05) is 0 Å². The van der Waals surface area contributed by atoms with Gasteiger partial charge in [0, 0.05) is 10.8 Å². The summed E-state index contributed by atoms with van der Waals surface area (Å²) < 4.78 is 0. The second kappa shape index (κ2) is 10.4. The molecule has 0 heterocycles. The highest BCUT2D eigenvalue weighted by molar-refractivity contribution is 6.09. The van der Waals surface area contributed by atoms with E-state index in [1.807, 2.05) is 0 Å². The summed E-state index contributed by atoms with van der Waals surface area (Å²) in [7, 11) is 0. The average molecular weight is 639 g/mol. The van der Waals surface area contributed by atoms with Crippen LogP contribution >= 0.6 is 0 Å². The first-order valence-electron chi connectivity index (χ1n) is 17.8. The van der Waals surface area contributed by atoms with Gasteiger partial charge in [0.25, 0.3) is 0 Å². The minimum Gasteiger partial charge on any atom is -0.0619 e. The first-order chi connectivity index (χ1) is 24.3. The van der Waals surface area contributed by atoms with Gasteiger partial charge in [0.2, 0.25) is 0 Å². The van der Waals surface area contributed by atoms with Crippen molar-refractivity contribution in [3.05, 3.63) is 180 Å². The van der Waals surface area contributed by atoms with Gasteiger partial charge in [-0.2, -0.15) is 0 Å². The van der Waals surface area contributed by atoms with Gasteiger partial charge in [-0.1, -0.05) is 149 Å². The summed E-state index contributed by atoms with van der Waals surface area (Å²) in [6.07, 6.45) is 0. The Morgan fingerprint density at radius 3 is 1.24 bits per heavy atom. The Bertz CT molecular complexity index is 2570. The van der Waals surface area contributed by atoms with Gasteiger partial charge in [-0.3, -0.25) is 0 Å². The molecule has 0 spiro atoms. The van der Waals surface area contributed by atoms with E-state index in [-0.39, 0.29) is 10.8 Å². The first-order valence-corrected chi connectivity index (χ1v) is 17.8. The number of hydrogen-bond acceptors (Lipinski definition) is 0. The van der Waals surface area contributed by atoms with Crippen LogP contribution in [0.5, 0.6) is 0 Å². The number of rotatable bonds is 3. The molecule has 50 heavy (non-hydrogen) atoms. The van der Waals surface area contributed by atoms with Gasteiger partial charge in [-0.15, -0.1) is 0 Å². The molecular formula is C50H38. The number of fused-ring (bicyclic) bond motifs is 9. The van der Waals surface area contributed by atoms with E-state index in [0.29, 0.717) is 0 Å². The van der Waals surface area contributed by atoms with Crippen molar-refractivity contribution >= 4 is 21.5 Å². The molecule has 0 bridgehead atoms. The van der Waals surface area contributed by atoms with Crippen molar-refractivity contribution in [2.45, 2.75) is 38.5 Å². The van der Waals surface area contributed by atoms with Crippen LogP contribution in [-0.2, 0) is 10.8 Å². The van der Waals surface area contributed by atoms with E-state index in [0.717, 1.165) is 0 Å². The molecule has 0 N–H and O–H groups in total. The van der Waals surface area contributed by atoms with Crippen molar-refractivity contribution in [1.29, 1.82) is 0 Å². The van der Waals surface area contributed by atoms with E-state index in [2.05, 4.69) is 185 Å². The third-order valence-corrected chi connectivity index (χ3v) is 11.8. The van der Waals surface area contributed by atoms with E-state index in [4.69, 9.17) is 0 Å². The lowest BCUT2D eigenvalue weighted by Crippen LogP contribution is -2.15. The molecule has 0 saturated heterocycles. The van der Waals surface area contributed by atoms with E-state index in [1.54, 1.807) is 0 Å². The fourth-order valence-electron chi connectivity index (χ4n) is 9.08. The summed E-state index contributed by atoms with van der Waals surface area (Å²) in [5, 5.41) is 5.13. The van der Waals surface area contributed by atoms with Crippen LogP contribution < -0.4 is 0 Å². The average Bonchev–Trinajstić information content (AvgIpc) is 3.53. The molecule has 8 aromatic carbocycles. The van der Waals surface area contributed by atoms with Gasteiger partial charge in [0.1, 0.15) is 0 Å². The van der Waals surface area contributed by atoms with E-state index < -0.39 is 0 Å². The number of benzene rings is 8. The first kappa shape index (κ1) is 29.2. The van der Waals surface area contributed by atoms with Crippen LogP contribution in [0.2, 0.25) is 0 Å². The zero-order valence-electron chi connectivity index (χ0n) is 29.0. The quantitative estimate of drug-likeness (QED) is 0.169. The molecule has 10 rings (SSSR count). The molecule has 2 aliphatic rings. The minimum absolute atomic E-state index is 0.0532. The predicted octanol–water partition coefficient (Wildman–Crippen LogP) is 13.6. The molecule has 0 saturated carbocycles. The smallest absolute Gasteiger partial charge is 0.0159 e. The van der Waals surface area contributed by atoms with Gasteiger partial charge in [-0.25, -0.2) is 0 Å². The fraction of sp³-hybridized carbons (Fsp3) is 0.120. The molecule has 0 atom stereocenters. The second-order valence-corrected chi connectivity index (χ2v) is 15.4. The highest BCUT2D eigenvalue weighted by Crippen LogP contribution is 2.51. The van der Waals surface area contributed by atoms with Crippen molar-refractivity contribution in [1.82, 2.24) is 0 Å². The largest absolute Gasteiger partial charge is 0.0619 e. The Hall–Kier alpha value is -5.72. The molecule has 0 aromatic heterocycles. The van der Waals surface area contributed by atoms with Crippen molar-refractivity contribution < 1.29 is 0 Å². The van der Waals surface area contributed by atoms with Gasteiger partial charge in [0.05, 0.1) is 0 Å². The SMILES string of the molecule is CC1(C)c2ccccc2-c2ccc(-c3cc(-c4ccc5c(c4)C(C)(C)c4ccccc4-5)cc(-c4ccc5ccc6ccccc6c5c4)c3)cc21. The lowest BCUT2D eigenvalue weighted by Gasteiger charge is -2.22. The normalized spacial score (nSPS) is 14.7. The Morgan fingerprint density at radius 2 is 0.680 bits per heavy atom. The standard InChI is InChI=1S/C50H38/c1-49(2)45-15-9-7-13-40(45)42-23-21-34(29-47(42)49)37-25-36(33-20-19-32-18-17-31-11-5-6-12-39(31)44(32)28-33)26-38(27-37)35-22-24-43-41-14-8-10-16-46(41)50(3,4)48(43)30-35/h5-30H,1-4H3. The molecule has 0 fully saturated rings. The summed E-state index contributed by atoms with van der Waals surface area (Å²) in [4.78, 5) is 0. The molecule has 0 unspecified atom stereocenters. The van der Waals surface area contributed by atoms with Crippen LogP contribution in [0.1, 0.15) is 49.9 Å². The van der Waals surface area contributed by atoms with Crippen LogP contribution in [0.3, 0.4) is 0 Å². The zero-order valence-corrected chi connectivity index (χ0v) is 29.0. The second-order valence-electron chi connectivity index (χ2n) is 15.4. The molecule has 0 amide bonds. The molecule has 2 aliphatic carbocycles. The lowest BCUT2D eigenvalue weighted by atomic mass is 9.81. The van der Waals surface area contributed by atoms with Crippen molar-refractivity contribution in [3.63, 3.8) is 0 Å². The Morgan fingerprint density at radius 1 is 0.280 bits per heavy atom. The monoisotopic (exact) mass is 638 g/mol. The summed E-state index contributed by atoms with van der Waals surface area (Å²) in [5.41, 5.74) is 18.4. The van der Waals surface area contributed by atoms with Gasteiger partial charge >= 0.3 is 0 Å². The van der Waals surface area contributed by atoms with Crippen molar-refractivity contribution in [2.24, 2.45) is 0 Å². The van der Waals surface area contributed by atoms with E-state index in [9.17, 15) is 0 Å². The molecule has 238 valence electrons. The molecule has 8 aromatic rings. The molecule has 0 nitrogen and oxygen atoms in total. The molecule has 0 radical (unpaired) electrons. The summed E-state index contributed by atoms with van der Waals surface area (Å²) in [6.45, 7) is 9.47. The van der Waals surface area contributed by atoms with Crippen molar-refractivity contribution in [3.8, 4) is 55.6 Å². The van der Waals surface area contributed by atoms with Gasteiger partial charge < -0.3 is 0 Å². The number of hydrogen-bond donors (Lipinski definition) is 0. The fourth-order valence-corrected chi connectivity index (χ4v) is 9.08.